The minimum absolute atomic E-state index is 0.0922. The van der Waals surface area contributed by atoms with E-state index in [1.54, 1.807) is 6.07 Å². The molecule has 0 radical (unpaired) electrons. The summed E-state index contributed by atoms with van der Waals surface area (Å²) in [4.78, 5) is 11.2. The van der Waals surface area contributed by atoms with Crippen LogP contribution in [0, 0.1) is 3.57 Å². The number of ether oxygens (including phenoxy) is 1. The van der Waals surface area contributed by atoms with E-state index in [2.05, 4.69) is 4.74 Å². The average Bonchev–Trinajstić information content (AvgIpc) is 2.16. The Hall–Kier alpha value is -0.720. The van der Waals surface area contributed by atoms with Gasteiger partial charge in [-0.15, -0.1) is 0 Å². The van der Waals surface area contributed by atoms with Crippen LogP contribution in [0.2, 0.25) is 0 Å². The quantitative estimate of drug-likeness (QED) is 0.618. The van der Waals surface area contributed by atoms with Crippen LogP contribution in [-0.2, 0) is 6.42 Å². The highest BCUT2D eigenvalue weighted by Crippen LogP contribution is 2.28. The van der Waals surface area contributed by atoms with Crippen molar-refractivity contribution in [1.82, 2.24) is 0 Å². The number of benzene rings is 1. The molecule has 0 aliphatic rings. The van der Waals surface area contributed by atoms with E-state index < -0.39 is 6.61 Å². The molecule has 1 aromatic rings. The number of hydrogen-bond donors (Lipinski definition) is 0. The molecule has 5 heteroatoms. The molecule has 88 valence electrons. The zero-order chi connectivity index (χ0) is 12.3. The second-order valence-corrected chi connectivity index (χ2v) is 4.39. The highest BCUT2D eigenvalue weighted by atomic mass is 127. The van der Waals surface area contributed by atoms with Crippen molar-refractivity contribution in [1.29, 1.82) is 0 Å². The van der Waals surface area contributed by atoms with Crippen LogP contribution in [0.4, 0.5) is 8.78 Å². The van der Waals surface area contributed by atoms with Crippen LogP contribution in [0.15, 0.2) is 12.1 Å². The molecule has 0 aromatic heterocycles. The van der Waals surface area contributed by atoms with Gasteiger partial charge in [0.1, 0.15) is 5.75 Å². The van der Waals surface area contributed by atoms with E-state index in [1.807, 2.05) is 29.5 Å². The molecule has 0 amide bonds. The summed E-state index contributed by atoms with van der Waals surface area (Å²) in [6.07, 6.45) is 0.582. The molecular formula is C11H11F2IO2. The molecule has 0 N–H and O–H groups in total. The molecule has 0 heterocycles. The third kappa shape index (κ3) is 3.13. The molecule has 0 spiro atoms. The number of halogens is 3. The highest BCUT2D eigenvalue weighted by molar-refractivity contribution is 14.1. The highest BCUT2D eigenvalue weighted by Gasteiger charge is 2.14. The van der Waals surface area contributed by atoms with Crippen molar-refractivity contribution < 1.29 is 18.3 Å². The van der Waals surface area contributed by atoms with Crippen LogP contribution in [-0.4, -0.2) is 12.4 Å². The number of alkyl halides is 2. The SMILES string of the molecule is CCc1c(I)cc(C(C)=O)cc1OC(F)F. The van der Waals surface area contributed by atoms with Crippen molar-refractivity contribution in [3.63, 3.8) is 0 Å². The summed E-state index contributed by atoms with van der Waals surface area (Å²) in [5.74, 6) is -0.0747. The van der Waals surface area contributed by atoms with Gasteiger partial charge in [-0.3, -0.25) is 4.79 Å². The maximum absolute atomic E-state index is 12.2. The minimum Gasteiger partial charge on any atom is -0.434 e. The van der Waals surface area contributed by atoms with Crippen molar-refractivity contribution in [2.45, 2.75) is 26.9 Å². The van der Waals surface area contributed by atoms with Gasteiger partial charge in [-0.05, 0) is 48.1 Å². The molecule has 2 nitrogen and oxygen atoms in total. The second-order valence-electron chi connectivity index (χ2n) is 3.22. The van der Waals surface area contributed by atoms with Gasteiger partial charge in [0.25, 0.3) is 0 Å². The van der Waals surface area contributed by atoms with Crippen molar-refractivity contribution in [3.8, 4) is 5.75 Å². The Labute approximate surface area is 106 Å². The molecule has 0 saturated carbocycles. The molecule has 0 fully saturated rings. The van der Waals surface area contributed by atoms with Gasteiger partial charge in [-0.25, -0.2) is 0 Å². The Kier molecular flexibility index (Phi) is 4.64. The lowest BCUT2D eigenvalue weighted by Crippen LogP contribution is -2.07. The fraction of sp³-hybridized carbons (Fsp3) is 0.364. The van der Waals surface area contributed by atoms with E-state index in [0.717, 1.165) is 3.57 Å². The summed E-state index contributed by atoms with van der Waals surface area (Å²) in [5, 5.41) is 0. The van der Waals surface area contributed by atoms with Gasteiger partial charge >= 0.3 is 6.61 Å². The first-order valence-electron chi connectivity index (χ1n) is 4.73. The maximum Gasteiger partial charge on any atom is 0.387 e. The predicted octanol–water partition coefficient (Wildman–Crippen LogP) is 3.66. The number of Topliss-reactive ketones (excluding diaryl/α,β-unsaturated/α-hetero) is 1. The van der Waals surface area contributed by atoms with Gasteiger partial charge in [0.05, 0.1) is 0 Å². The molecule has 1 aromatic carbocycles. The van der Waals surface area contributed by atoms with Crippen LogP contribution in [0.5, 0.6) is 5.75 Å². The Morgan fingerprint density at radius 3 is 2.56 bits per heavy atom. The maximum atomic E-state index is 12.2. The monoisotopic (exact) mass is 340 g/mol. The van der Waals surface area contributed by atoms with E-state index in [9.17, 15) is 13.6 Å². The van der Waals surface area contributed by atoms with Gasteiger partial charge in [-0.1, -0.05) is 6.92 Å². The largest absolute Gasteiger partial charge is 0.434 e. The molecule has 0 saturated heterocycles. The molecule has 0 unspecified atom stereocenters. The summed E-state index contributed by atoms with van der Waals surface area (Å²) in [7, 11) is 0. The van der Waals surface area contributed by atoms with E-state index in [4.69, 9.17) is 0 Å². The fourth-order valence-corrected chi connectivity index (χ4v) is 2.34. The van der Waals surface area contributed by atoms with Gasteiger partial charge in [0.15, 0.2) is 5.78 Å². The summed E-state index contributed by atoms with van der Waals surface area (Å²) >= 11 is 2.01. The fourth-order valence-electron chi connectivity index (χ4n) is 1.36. The Balaban J connectivity index is 3.25. The van der Waals surface area contributed by atoms with Crippen LogP contribution < -0.4 is 4.74 Å². The number of ketones is 1. The summed E-state index contributed by atoms with van der Waals surface area (Å²) < 4.78 is 29.6. The average molecular weight is 340 g/mol. The topological polar surface area (TPSA) is 26.3 Å². The van der Waals surface area contributed by atoms with Crippen molar-refractivity contribution in [3.05, 3.63) is 26.8 Å². The lowest BCUT2D eigenvalue weighted by Gasteiger charge is -2.12. The van der Waals surface area contributed by atoms with E-state index in [0.29, 0.717) is 17.5 Å². The summed E-state index contributed by atoms with van der Waals surface area (Å²) in [6, 6.07) is 3.05. The number of carbonyl (C=O) groups is 1. The molecular weight excluding hydrogens is 329 g/mol. The third-order valence-electron chi connectivity index (χ3n) is 2.13. The summed E-state index contributed by atoms with van der Waals surface area (Å²) in [6.45, 7) is 0.371. The standard InChI is InChI=1S/C11H11F2IO2/c1-3-8-9(14)4-7(6(2)15)5-10(8)16-11(12)13/h4-5,11H,3H2,1-2H3. The molecule has 0 aliphatic heterocycles. The third-order valence-corrected chi connectivity index (χ3v) is 3.09. The number of carbonyl (C=O) groups excluding carboxylic acids is 1. The van der Waals surface area contributed by atoms with Gasteiger partial charge in [0, 0.05) is 14.7 Å². The molecule has 1 rings (SSSR count). The molecule has 16 heavy (non-hydrogen) atoms. The van der Waals surface area contributed by atoms with E-state index in [-0.39, 0.29) is 11.5 Å². The Morgan fingerprint density at radius 1 is 1.50 bits per heavy atom. The first kappa shape index (κ1) is 13.3. The zero-order valence-electron chi connectivity index (χ0n) is 8.89. The normalized spacial score (nSPS) is 10.6. The first-order chi connectivity index (χ1) is 7.45. The van der Waals surface area contributed by atoms with Crippen molar-refractivity contribution in [2.24, 2.45) is 0 Å². The van der Waals surface area contributed by atoms with Crippen LogP contribution >= 0.6 is 22.6 Å². The van der Waals surface area contributed by atoms with Crippen LogP contribution in [0.25, 0.3) is 0 Å². The van der Waals surface area contributed by atoms with Crippen molar-refractivity contribution in [2.75, 3.05) is 0 Å². The Morgan fingerprint density at radius 2 is 2.12 bits per heavy atom. The minimum atomic E-state index is -2.87. The van der Waals surface area contributed by atoms with E-state index >= 15 is 0 Å². The van der Waals surface area contributed by atoms with Gasteiger partial charge < -0.3 is 4.74 Å². The van der Waals surface area contributed by atoms with Crippen LogP contribution in [0.1, 0.15) is 29.8 Å². The first-order valence-corrected chi connectivity index (χ1v) is 5.81. The predicted molar refractivity (Wildman–Crippen MR) is 65.2 cm³/mol. The number of rotatable bonds is 4. The zero-order valence-corrected chi connectivity index (χ0v) is 11.0. The smallest absolute Gasteiger partial charge is 0.387 e. The molecule has 0 aliphatic carbocycles. The summed E-state index contributed by atoms with van der Waals surface area (Å²) in [5.41, 5.74) is 1.09. The second kappa shape index (κ2) is 5.56. The van der Waals surface area contributed by atoms with Crippen molar-refractivity contribution >= 4 is 28.4 Å². The van der Waals surface area contributed by atoms with Gasteiger partial charge in [-0.2, -0.15) is 8.78 Å². The lowest BCUT2D eigenvalue weighted by atomic mass is 10.1. The number of hydrogen-bond acceptors (Lipinski definition) is 2. The molecule has 0 atom stereocenters. The molecule has 0 bridgehead atoms. The van der Waals surface area contributed by atoms with Crippen LogP contribution in [0.3, 0.4) is 0 Å². The van der Waals surface area contributed by atoms with Gasteiger partial charge in [0.2, 0.25) is 0 Å². The van der Waals surface area contributed by atoms with E-state index in [1.165, 1.54) is 13.0 Å². The lowest BCUT2D eigenvalue weighted by molar-refractivity contribution is -0.0505. The Bertz CT molecular complexity index is 405.